The van der Waals surface area contributed by atoms with Crippen LogP contribution in [0.25, 0.3) is 0 Å². The highest BCUT2D eigenvalue weighted by molar-refractivity contribution is 5.81. The molecule has 0 aliphatic carbocycles. The number of carbonyl (C=O) groups excluding carboxylic acids is 1. The van der Waals surface area contributed by atoms with Crippen LogP contribution in [0.15, 0.2) is 30.3 Å². The first kappa shape index (κ1) is 17.0. The summed E-state index contributed by atoms with van der Waals surface area (Å²) >= 11 is 0. The van der Waals surface area contributed by atoms with E-state index in [1.807, 2.05) is 24.6 Å². The Labute approximate surface area is 136 Å². The Bertz CT molecular complexity index is 667. The molecule has 1 heterocycles. The molecule has 6 nitrogen and oxygen atoms in total. The van der Waals surface area contributed by atoms with Gasteiger partial charge in [0, 0.05) is 18.8 Å². The van der Waals surface area contributed by atoms with E-state index in [4.69, 9.17) is 4.74 Å². The molecule has 0 fully saturated rings. The van der Waals surface area contributed by atoms with Crippen molar-refractivity contribution in [2.45, 2.75) is 32.9 Å². The van der Waals surface area contributed by atoms with E-state index in [-0.39, 0.29) is 0 Å². The first-order valence-electron chi connectivity index (χ1n) is 7.62. The third kappa shape index (κ3) is 4.56. The topological polar surface area (TPSA) is 76.4 Å². The second-order valence-corrected chi connectivity index (χ2v) is 5.47. The van der Waals surface area contributed by atoms with Gasteiger partial charge in [0.05, 0.1) is 12.8 Å². The molecule has 2 aromatic rings. The van der Waals surface area contributed by atoms with E-state index in [1.165, 1.54) is 0 Å². The van der Waals surface area contributed by atoms with E-state index in [1.54, 1.807) is 31.4 Å². The van der Waals surface area contributed by atoms with Crippen LogP contribution in [0, 0.1) is 13.8 Å². The lowest BCUT2D eigenvalue weighted by molar-refractivity contribution is -0.129. The fourth-order valence-corrected chi connectivity index (χ4v) is 2.40. The zero-order valence-corrected chi connectivity index (χ0v) is 13.7. The van der Waals surface area contributed by atoms with Gasteiger partial charge < -0.3 is 15.2 Å². The van der Waals surface area contributed by atoms with E-state index < -0.39 is 12.0 Å². The molecule has 0 spiro atoms. The number of aliphatic hydroxyl groups excluding tert-OH is 1. The number of amides is 1. The van der Waals surface area contributed by atoms with Crippen LogP contribution in [0.3, 0.4) is 0 Å². The summed E-state index contributed by atoms with van der Waals surface area (Å²) in [6, 6.07) is 8.88. The molecule has 0 radical (unpaired) electrons. The van der Waals surface area contributed by atoms with Gasteiger partial charge in [-0.2, -0.15) is 5.10 Å². The maximum atomic E-state index is 12.0. The maximum absolute atomic E-state index is 12.0. The number of nitrogens with one attached hydrogen (secondary N) is 1. The number of rotatable bonds is 7. The molecule has 23 heavy (non-hydrogen) atoms. The van der Waals surface area contributed by atoms with Crippen molar-refractivity contribution in [2.24, 2.45) is 0 Å². The number of carbonyl (C=O) groups is 1. The normalized spacial score (nSPS) is 12.0. The molecule has 0 aliphatic rings. The Balaban J connectivity index is 1.81. The Kier molecular flexibility index (Phi) is 5.76. The van der Waals surface area contributed by atoms with Crippen LogP contribution in [0.1, 0.15) is 29.5 Å². The molecular formula is C17H23N3O3. The zero-order valence-electron chi connectivity index (χ0n) is 13.7. The minimum Gasteiger partial charge on any atom is -0.497 e. The Morgan fingerprint density at radius 3 is 2.83 bits per heavy atom. The van der Waals surface area contributed by atoms with E-state index in [0.29, 0.717) is 17.9 Å². The molecule has 6 heteroatoms. The molecule has 0 saturated heterocycles. The largest absolute Gasteiger partial charge is 0.497 e. The lowest BCUT2D eigenvalue weighted by Gasteiger charge is -2.13. The number of nitrogens with zero attached hydrogens (tertiary/aromatic N) is 2. The number of methoxy groups -OCH3 is 1. The smallest absolute Gasteiger partial charge is 0.253 e. The van der Waals surface area contributed by atoms with Crippen molar-refractivity contribution in [3.8, 4) is 5.75 Å². The van der Waals surface area contributed by atoms with Gasteiger partial charge in [-0.15, -0.1) is 0 Å². The standard InChI is InChI=1S/C17H23N3O3/c1-12-10-13(2)20(19-12)9-5-8-18-17(22)16(21)14-6-4-7-15(11-14)23-3/h4,6-7,10-11,16,21H,5,8-9H2,1-3H3,(H,18,22). The number of benzene rings is 1. The molecule has 0 saturated carbocycles. The summed E-state index contributed by atoms with van der Waals surface area (Å²) in [6.45, 7) is 5.17. The van der Waals surface area contributed by atoms with Crippen LogP contribution < -0.4 is 10.1 Å². The molecular weight excluding hydrogens is 294 g/mol. The fourth-order valence-electron chi connectivity index (χ4n) is 2.40. The molecule has 1 amide bonds. The molecule has 2 rings (SSSR count). The molecule has 1 aromatic heterocycles. The van der Waals surface area contributed by atoms with Gasteiger partial charge in [0.2, 0.25) is 0 Å². The predicted octanol–water partition coefficient (Wildman–Crippen LogP) is 1.75. The van der Waals surface area contributed by atoms with Crippen LogP contribution in [0.4, 0.5) is 0 Å². The van der Waals surface area contributed by atoms with Gasteiger partial charge in [-0.25, -0.2) is 0 Å². The highest BCUT2D eigenvalue weighted by atomic mass is 16.5. The number of hydrogen-bond donors (Lipinski definition) is 2. The summed E-state index contributed by atoms with van der Waals surface area (Å²) in [6.07, 6.45) is -0.447. The molecule has 124 valence electrons. The number of aliphatic hydroxyl groups is 1. The molecule has 1 aromatic carbocycles. The minimum atomic E-state index is -1.20. The summed E-state index contributed by atoms with van der Waals surface area (Å²) in [4.78, 5) is 12.0. The van der Waals surface area contributed by atoms with Crippen molar-refractivity contribution in [3.05, 3.63) is 47.3 Å². The van der Waals surface area contributed by atoms with E-state index in [9.17, 15) is 9.90 Å². The highest BCUT2D eigenvalue weighted by Crippen LogP contribution is 2.19. The van der Waals surface area contributed by atoms with Gasteiger partial charge in [0.1, 0.15) is 5.75 Å². The summed E-state index contributed by atoms with van der Waals surface area (Å²) in [5.41, 5.74) is 2.60. The first-order valence-corrected chi connectivity index (χ1v) is 7.62. The number of hydrogen-bond acceptors (Lipinski definition) is 4. The van der Waals surface area contributed by atoms with Gasteiger partial charge in [-0.05, 0) is 44.0 Å². The SMILES string of the molecule is COc1cccc(C(O)C(=O)NCCCn2nc(C)cc2C)c1. The van der Waals surface area contributed by atoms with Crippen molar-refractivity contribution in [3.63, 3.8) is 0 Å². The van der Waals surface area contributed by atoms with Crippen molar-refractivity contribution < 1.29 is 14.6 Å². The van der Waals surface area contributed by atoms with Gasteiger partial charge >= 0.3 is 0 Å². The third-order valence-corrected chi connectivity index (χ3v) is 3.61. The average Bonchev–Trinajstić information content (AvgIpc) is 2.88. The first-order chi connectivity index (χ1) is 11.0. The van der Waals surface area contributed by atoms with Crippen molar-refractivity contribution in [2.75, 3.05) is 13.7 Å². The van der Waals surface area contributed by atoms with Crippen LogP contribution in [0.5, 0.6) is 5.75 Å². The lowest BCUT2D eigenvalue weighted by Crippen LogP contribution is -2.30. The second kappa shape index (κ2) is 7.78. The Morgan fingerprint density at radius 2 is 2.17 bits per heavy atom. The number of aromatic nitrogens is 2. The summed E-state index contributed by atoms with van der Waals surface area (Å²) in [7, 11) is 1.55. The lowest BCUT2D eigenvalue weighted by atomic mass is 10.1. The Morgan fingerprint density at radius 1 is 1.39 bits per heavy atom. The van der Waals surface area contributed by atoms with E-state index >= 15 is 0 Å². The third-order valence-electron chi connectivity index (χ3n) is 3.61. The molecule has 2 N–H and O–H groups in total. The van der Waals surface area contributed by atoms with Crippen LogP contribution in [-0.2, 0) is 11.3 Å². The molecule has 1 atom stereocenters. The average molecular weight is 317 g/mol. The summed E-state index contributed by atoms with van der Waals surface area (Å²) in [5, 5.41) is 17.2. The number of ether oxygens (including phenoxy) is 1. The van der Waals surface area contributed by atoms with Gasteiger partial charge in [-0.1, -0.05) is 12.1 Å². The molecule has 0 bridgehead atoms. The summed E-state index contributed by atoms with van der Waals surface area (Å²) < 4.78 is 7.01. The van der Waals surface area contributed by atoms with Gasteiger partial charge in [-0.3, -0.25) is 9.48 Å². The molecule has 0 aliphatic heterocycles. The monoisotopic (exact) mass is 317 g/mol. The van der Waals surface area contributed by atoms with E-state index in [2.05, 4.69) is 10.4 Å². The Hall–Kier alpha value is -2.34. The second-order valence-electron chi connectivity index (χ2n) is 5.47. The van der Waals surface area contributed by atoms with Crippen molar-refractivity contribution >= 4 is 5.91 Å². The quantitative estimate of drug-likeness (QED) is 0.763. The van der Waals surface area contributed by atoms with Crippen molar-refractivity contribution in [1.29, 1.82) is 0 Å². The van der Waals surface area contributed by atoms with Crippen LogP contribution >= 0.6 is 0 Å². The summed E-state index contributed by atoms with van der Waals surface area (Å²) in [5.74, 6) is 0.200. The zero-order chi connectivity index (χ0) is 16.8. The maximum Gasteiger partial charge on any atom is 0.253 e. The van der Waals surface area contributed by atoms with Gasteiger partial charge in [0.25, 0.3) is 5.91 Å². The van der Waals surface area contributed by atoms with Crippen LogP contribution in [-0.4, -0.2) is 34.4 Å². The predicted molar refractivity (Wildman–Crippen MR) is 87.3 cm³/mol. The van der Waals surface area contributed by atoms with Gasteiger partial charge in [0.15, 0.2) is 6.10 Å². The number of aryl methyl sites for hydroxylation is 3. The fraction of sp³-hybridized carbons (Fsp3) is 0.412. The molecule has 1 unspecified atom stereocenters. The highest BCUT2D eigenvalue weighted by Gasteiger charge is 2.17. The minimum absolute atomic E-state index is 0.411. The van der Waals surface area contributed by atoms with Crippen LogP contribution in [0.2, 0.25) is 0 Å². The van der Waals surface area contributed by atoms with E-state index in [0.717, 1.165) is 24.4 Å². The van der Waals surface area contributed by atoms with Crippen molar-refractivity contribution in [1.82, 2.24) is 15.1 Å².